The largest absolute Gasteiger partial charge is 0.330 e. The maximum Gasteiger partial charge on any atom is 0.210 e. The van der Waals surface area contributed by atoms with Gasteiger partial charge in [-0.1, -0.05) is 114 Å². The van der Waals surface area contributed by atoms with E-state index in [0.717, 1.165) is 49.7 Å². The van der Waals surface area contributed by atoms with Gasteiger partial charge in [-0.25, -0.2) is 4.98 Å². The van der Waals surface area contributed by atoms with Gasteiger partial charge in [0.05, 0.1) is 17.9 Å². The highest BCUT2D eigenvalue weighted by atomic mass is 35.5. The monoisotopic (exact) mass is 519 g/mol. The summed E-state index contributed by atoms with van der Waals surface area (Å²) >= 11 is 7.55. The van der Waals surface area contributed by atoms with Crippen molar-refractivity contribution in [2.45, 2.75) is 6.54 Å². The van der Waals surface area contributed by atoms with Crippen LogP contribution in [0.15, 0.2) is 115 Å². The Morgan fingerprint density at radius 2 is 1.27 bits per heavy atom. The van der Waals surface area contributed by atoms with Gasteiger partial charge in [-0.15, -0.1) is 10.2 Å². The second kappa shape index (κ2) is 10.4. The van der Waals surface area contributed by atoms with Crippen molar-refractivity contribution in [3.63, 3.8) is 0 Å². The smallest absolute Gasteiger partial charge is 0.210 e. The molecular formula is C30H22ClN5S. The molecule has 1 N–H and O–H groups in total. The van der Waals surface area contributed by atoms with Crippen molar-refractivity contribution in [1.29, 1.82) is 0 Å². The average molecular weight is 520 g/mol. The molecule has 0 bridgehead atoms. The Balaban J connectivity index is 1.46. The predicted molar refractivity (Wildman–Crippen MR) is 152 cm³/mol. The van der Waals surface area contributed by atoms with Gasteiger partial charge in [0.15, 0.2) is 0 Å². The third kappa shape index (κ3) is 5.03. The number of aromatic nitrogens is 4. The van der Waals surface area contributed by atoms with Gasteiger partial charge in [-0.05, 0) is 24.3 Å². The van der Waals surface area contributed by atoms with Crippen LogP contribution in [0.1, 0.15) is 5.01 Å². The van der Waals surface area contributed by atoms with Crippen molar-refractivity contribution in [3.05, 3.63) is 125 Å². The fraction of sp³-hybridized carbons (Fsp3) is 0.0333. The van der Waals surface area contributed by atoms with Gasteiger partial charge in [0.2, 0.25) is 5.13 Å². The first-order valence-electron chi connectivity index (χ1n) is 11.9. The van der Waals surface area contributed by atoms with Crippen molar-refractivity contribution in [1.82, 2.24) is 19.7 Å². The van der Waals surface area contributed by atoms with Crippen LogP contribution in [0.3, 0.4) is 0 Å². The number of hydrogen-bond donors (Lipinski definition) is 1. The molecule has 6 aromatic rings. The Morgan fingerprint density at radius 1 is 0.676 bits per heavy atom. The normalized spacial score (nSPS) is 10.9. The summed E-state index contributed by atoms with van der Waals surface area (Å²) in [4.78, 5) is 5.20. The van der Waals surface area contributed by atoms with Crippen LogP contribution < -0.4 is 5.32 Å². The zero-order valence-corrected chi connectivity index (χ0v) is 21.3. The number of imidazole rings is 1. The Kier molecular flexibility index (Phi) is 6.50. The summed E-state index contributed by atoms with van der Waals surface area (Å²) in [6, 6.07) is 38.6. The standard InChI is InChI=1S/C30H22ClN5S/c31-24-16-18-25(19-17-24)32-30-35-34-26(37-30)20-36-28(22-12-6-2-7-13-22)27(21-10-4-1-5-11-21)33-29(36)23-14-8-3-9-15-23/h1-19H,20H2,(H,32,35). The van der Waals surface area contributed by atoms with Crippen LogP contribution in [0.2, 0.25) is 5.02 Å². The molecule has 6 rings (SSSR count). The number of benzene rings is 4. The van der Waals surface area contributed by atoms with Gasteiger partial charge in [0.25, 0.3) is 0 Å². The molecule has 37 heavy (non-hydrogen) atoms. The minimum absolute atomic E-state index is 0.536. The number of hydrogen-bond acceptors (Lipinski definition) is 5. The van der Waals surface area contributed by atoms with Crippen molar-refractivity contribution in [2.75, 3.05) is 5.32 Å². The van der Waals surface area contributed by atoms with Crippen LogP contribution in [-0.4, -0.2) is 19.7 Å². The summed E-state index contributed by atoms with van der Waals surface area (Å²) in [7, 11) is 0. The minimum Gasteiger partial charge on any atom is -0.330 e. The summed E-state index contributed by atoms with van der Waals surface area (Å²) in [6.45, 7) is 0.536. The third-order valence-corrected chi connectivity index (χ3v) is 7.03. The molecule has 0 fully saturated rings. The summed E-state index contributed by atoms with van der Waals surface area (Å²) in [5.41, 5.74) is 6.12. The van der Waals surface area contributed by atoms with Crippen molar-refractivity contribution >= 4 is 33.8 Å². The highest BCUT2D eigenvalue weighted by Gasteiger charge is 2.22. The topological polar surface area (TPSA) is 55.6 Å². The molecule has 0 saturated carbocycles. The maximum atomic E-state index is 6.02. The van der Waals surface area contributed by atoms with Crippen LogP contribution >= 0.6 is 22.9 Å². The lowest BCUT2D eigenvalue weighted by molar-refractivity contribution is 0.792. The molecule has 7 heteroatoms. The summed E-state index contributed by atoms with van der Waals surface area (Å²) in [5, 5.41) is 14.5. The highest BCUT2D eigenvalue weighted by Crippen LogP contribution is 2.37. The number of anilines is 2. The quantitative estimate of drug-likeness (QED) is 0.231. The average Bonchev–Trinajstić information content (AvgIpc) is 3.56. The van der Waals surface area contributed by atoms with E-state index in [2.05, 4.69) is 68.6 Å². The van der Waals surface area contributed by atoms with Crippen molar-refractivity contribution in [3.8, 4) is 33.9 Å². The minimum atomic E-state index is 0.536. The number of rotatable bonds is 7. The molecule has 0 amide bonds. The lowest BCUT2D eigenvalue weighted by Crippen LogP contribution is -2.04. The molecule has 0 radical (unpaired) electrons. The molecule has 0 aliphatic carbocycles. The summed E-state index contributed by atoms with van der Waals surface area (Å²) in [5.74, 6) is 0.890. The van der Waals surface area contributed by atoms with Crippen LogP contribution in [0.5, 0.6) is 0 Å². The molecule has 0 aliphatic rings. The maximum absolute atomic E-state index is 6.02. The number of nitrogens with zero attached hydrogens (tertiary/aromatic N) is 4. The molecule has 0 atom stereocenters. The molecular weight excluding hydrogens is 498 g/mol. The van der Waals surface area contributed by atoms with Gasteiger partial charge in [0.1, 0.15) is 10.8 Å². The zero-order chi connectivity index (χ0) is 25.0. The Labute approximate surface area is 224 Å². The van der Waals surface area contributed by atoms with E-state index >= 15 is 0 Å². The molecule has 5 nitrogen and oxygen atoms in total. The van der Waals surface area contributed by atoms with E-state index in [1.165, 1.54) is 11.3 Å². The molecule has 0 aliphatic heterocycles. The van der Waals surface area contributed by atoms with Crippen LogP contribution in [0.25, 0.3) is 33.9 Å². The molecule has 180 valence electrons. The van der Waals surface area contributed by atoms with Crippen molar-refractivity contribution < 1.29 is 0 Å². The van der Waals surface area contributed by atoms with Gasteiger partial charge in [0, 0.05) is 27.4 Å². The van der Waals surface area contributed by atoms with E-state index in [1.54, 1.807) is 0 Å². The number of nitrogens with one attached hydrogen (secondary N) is 1. The van der Waals surface area contributed by atoms with E-state index in [-0.39, 0.29) is 0 Å². The Morgan fingerprint density at radius 3 is 1.92 bits per heavy atom. The summed E-state index contributed by atoms with van der Waals surface area (Å²) in [6.07, 6.45) is 0. The first kappa shape index (κ1) is 23.2. The zero-order valence-electron chi connectivity index (χ0n) is 19.8. The molecule has 2 heterocycles. The van der Waals surface area contributed by atoms with Crippen LogP contribution in [0.4, 0.5) is 10.8 Å². The first-order valence-corrected chi connectivity index (χ1v) is 13.1. The van der Waals surface area contributed by atoms with E-state index in [9.17, 15) is 0 Å². The third-order valence-electron chi connectivity index (χ3n) is 5.95. The van der Waals surface area contributed by atoms with Gasteiger partial charge < -0.3 is 9.88 Å². The number of halogens is 1. The fourth-order valence-corrected chi connectivity index (χ4v) is 5.14. The molecule has 2 aromatic heterocycles. The highest BCUT2D eigenvalue weighted by molar-refractivity contribution is 7.15. The first-order chi connectivity index (χ1) is 18.2. The molecule has 4 aromatic carbocycles. The van der Waals surface area contributed by atoms with Crippen LogP contribution in [-0.2, 0) is 6.54 Å². The van der Waals surface area contributed by atoms with Crippen molar-refractivity contribution in [2.24, 2.45) is 0 Å². The van der Waals surface area contributed by atoms with Gasteiger partial charge >= 0.3 is 0 Å². The lowest BCUT2D eigenvalue weighted by atomic mass is 10.0. The molecule has 0 unspecified atom stereocenters. The molecule has 0 spiro atoms. The van der Waals surface area contributed by atoms with E-state index in [0.29, 0.717) is 11.6 Å². The second-order valence-corrected chi connectivity index (χ2v) is 9.95. The lowest BCUT2D eigenvalue weighted by Gasteiger charge is -2.12. The van der Waals surface area contributed by atoms with Crippen LogP contribution in [0, 0.1) is 0 Å². The summed E-state index contributed by atoms with van der Waals surface area (Å²) < 4.78 is 2.25. The second-order valence-electron chi connectivity index (χ2n) is 8.45. The van der Waals surface area contributed by atoms with Gasteiger partial charge in [-0.2, -0.15) is 0 Å². The SMILES string of the molecule is Clc1ccc(Nc2nnc(Cn3c(-c4ccccc4)nc(-c4ccccc4)c3-c3ccccc3)s2)cc1. The van der Waals surface area contributed by atoms with E-state index in [1.807, 2.05) is 66.7 Å². The molecule has 0 saturated heterocycles. The van der Waals surface area contributed by atoms with E-state index in [4.69, 9.17) is 16.6 Å². The fourth-order valence-electron chi connectivity index (χ4n) is 4.26. The Hall–Kier alpha value is -4.26. The van der Waals surface area contributed by atoms with Gasteiger partial charge in [-0.3, -0.25) is 0 Å². The predicted octanol–water partition coefficient (Wildman–Crippen LogP) is 8.18. The Bertz CT molecular complexity index is 1610. The van der Waals surface area contributed by atoms with E-state index < -0.39 is 0 Å².